The molecule has 2 heterocycles. The van der Waals surface area contributed by atoms with Gasteiger partial charge in [0.1, 0.15) is 11.4 Å². The Morgan fingerprint density at radius 3 is 2.34 bits per heavy atom. The van der Waals surface area contributed by atoms with E-state index in [0.717, 1.165) is 49.8 Å². The largest absolute Gasteiger partial charge is 0.493 e. The van der Waals surface area contributed by atoms with Gasteiger partial charge in [0.25, 0.3) is 17.7 Å². The lowest BCUT2D eigenvalue weighted by molar-refractivity contribution is 0.0651. The van der Waals surface area contributed by atoms with Gasteiger partial charge in [0, 0.05) is 19.3 Å². The number of aliphatic hydroxyl groups is 1. The molecule has 0 saturated heterocycles. The average Bonchev–Trinajstić information content (AvgIpc) is 3.47. The third kappa shape index (κ3) is 6.86. The molecule has 9 nitrogen and oxygen atoms in total. The summed E-state index contributed by atoms with van der Waals surface area (Å²) in [6, 6.07) is 14.9. The Morgan fingerprint density at radius 1 is 0.947 bits per heavy atom. The Morgan fingerprint density at radius 2 is 1.63 bits per heavy atom. The average molecular weight is 519 g/mol. The number of fused-ring (bicyclic) bond motifs is 1. The molecule has 1 aliphatic rings. The number of aromatic nitrogens is 2. The van der Waals surface area contributed by atoms with Crippen molar-refractivity contribution in [2.75, 3.05) is 13.2 Å². The first-order valence-electron chi connectivity index (χ1n) is 13.1. The molecule has 9 heteroatoms. The van der Waals surface area contributed by atoms with Crippen molar-refractivity contribution in [1.29, 1.82) is 0 Å². The van der Waals surface area contributed by atoms with E-state index in [4.69, 9.17) is 10.5 Å². The number of carbonyl (C=O) groups is 3. The fourth-order valence-electron chi connectivity index (χ4n) is 4.65. The molecule has 200 valence electrons. The number of benzene rings is 2. The summed E-state index contributed by atoms with van der Waals surface area (Å²) in [5.74, 6) is -0.126. The molecule has 3 N–H and O–H groups in total. The number of primary amides is 1. The number of imide groups is 1. The van der Waals surface area contributed by atoms with Crippen molar-refractivity contribution in [2.45, 2.75) is 57.6 Å². The van der Waals surface area contributed by atoms with Crippen LogP contribution in [0.4, 0.5) is 0 Å². The number of amides is 3. The van der Waals surface area contributed by atoms with Crippen LogP contribution >= 0.6 is 0 Å². The molecule has 0 spiro atoms. The number of unbranched alkanes of at least 4 members (excludes halogenated alkanes) is 3. The van der Waals surface area contributed by atoms with Crippen LogP contribution in [0.25, 0.3) is 0 Å². The van der Waals surface area contributed by atoms with Crippen LogP contribution in [0.5, 0.6) is 5.75 Å². The van der Waals surface area contributed by atoms with E-state index in [1.54, 1.807) is 35.0 Å². The van der Waals surface area contributed by atoms with Crippen LogP contribution < -0.4 is 10.5 Å². The summed E-state index contributed by atoms with van der Waals surface area (Å²) in [5.41, 5.74) is 7.49. The van der Waals surface area contributed by atoms with Gasteiger partial charge in [-0.1, -0.05) is 43.2 Å². The number of para-hydroxylation sites is 1. The van der Waals surface area contributed by atoms with Gasteiger partial charge in [0.05, 0.1) is 30.2 Å². The first-order valence-corrected chi connectivity index (χ1v) is 13.1. The normalized spacial score (nSPS) is 13.6. The maximum Gasteiger partial charge on any atom is 0.268 e. The van der Waals surface area contributed by atoms with Gasteiger partial charge in [-0.15, -0.1) is 0 Å². The first kappa shape index (κ1) is 27.1. The Balaban J connectivity index is 1.11. The predicted molar refractivity (Wildman–Crippen MR) is 142 cm³/mol. The van der Waals surface area contributed by atoms with Gasteiger partial charge in [-0.3, -0.25) is 19.3 Å². The Labute approximate surface area is 222 Å². The van der Waals surface area contributed by atoms with Gasteiger partial charge in [-0.2, -0.15) is 0 Å². The molecule has 1 atom stereocenters. The van der Waals surface area contributed by atoms with Crippen molar-refractivity contribution in [1.82, 2.24) is 14.5 Å². The minimum Gasteiger partial charge on any atom is -0.493 e. The highest BCUT2D eigenvalue weighted by molar-refractivity contribution is 6.21. The number of nitrogens with zero attached hydrogens (tertiary/aromatic N) is 3. The van der Waals surface area contributed by atoms with Crippen molar-refractivity contribution in [2.24, 2.45) is 5.73 Å². The highest BCUT2D eigenvalue weighted by atomic mass is 16.5. The highest BCUT2D eigenvalue weighted by Crippen LogP contribution is 2.23. The second-order valence-corrected chi connectivity index (χ2v) is 9.54. The van der Waals surface area contributed by atoms with E-state index >= 15 is 0 Å². The molecular formula is C29H34N4O5. The SMILES string of the molecule is NC(=O)c1cn(CC(O)CCCc2ccccc2OCCCCCCN2C(=O)c3ccccc3C2=O)cn1. The lowest BCUT2D eigenvalue weighted by Gasteiger charge is -2.14. The van der Waals surface area contributed by atoms with Crippen molar-refractivity contribution < 1.29 is 24.2 Å². The third-order valence-corrected chi connectivity index (χ3v) is 6.68. The third-order valence-electron chi connectivity index (χ3n) is 6.68. The number of aliphatic hydroxyl groups excluding tert-OH is 1. The maximum absolute atomic E-state index is 12.4. The minimum absolute atomic E-state index is 0.186. The lowest BCUT2D eigenvalue weighted by atomic mass is 10.0. The molecular weight excluding hydrogens is 484 g/mol. The van der Waals surface area contributed by atoms with Crippen molar-refractivity contribution in [3.05, 3.63) is 83.4 Å². The van der Waals surface area contributed by atoms with Crippen LogP contribution in [0, 0.1) is 0 Å². The van der Waals surface area contributed by atoms with E-state index in [1.165, 1.54) is 11.2 Å². The summed E-state index contributed by atoms with van der Waals surface area (Å²) in [7, 11) is 0. The Kier molecular flexibility index (Phi) is 9.26. The van der Waals surface area contributed by atoms with Gasteiger partial charge in [-0.05, 0) is 55.9 Å². The highest BCUT2D eigenvalue weighted by Gasteiger charge is 2.34. The second-order valence-electron chi connectivity index (χ2n) is 9.54. The molecule has 3 amide bonds. The van der Waals surface area contributed by atoms with Crippen LogP contribution in [0.3, 0.4) is 0 Å². The fourth-order valence-corrected chi connectivity index (χ4v) is 4.65. The van der Waals surface area contributed by atoms with Crippen LogP contribution in [-0.2, 0) is 13.0 Å². The summed E-state index contributed by atoms with van der Waals surface area (Å²) in [5, 5.41) is 10.3. The van der Waals surface area contributed by atoms with E-state index in [-0.39, 0.29) is 17.5 Å². The smallest absolute Gasteiger partial charge is 0.268 e. The van der Waals surface area contributed by atoms with Gasteiger partial charge in [0.2, 0.25) is 0 Å². The number of rotatable bonds is 15. The molecule has 1 aromatic heterocycles. The zero-order chi connectivity index (χ0) is 26.9. The van der Waals surface area contributed by atoms with Gasteiger partial charge < -0.3 is 20.1 Å². The first-order chi connectivity index (χ1) is 18.4. The van der Waals surface area contributed by atoms with E-state index in [9.17, 15) is 19.5 Å². The quantitative estimate of drug-likeness (QED) is 0.234. The molecule has 0 radical (unpaired) electrons. The van der Waals surface area contributed by atoms with Gasteiger partial charge in [0.15, 0.2) is 0 Å². The Bertz CT molecular complexity index is 1240. The fraction of sp³-hybridized carbons (Fsp3) is 0.379. The number of imidazole rings is 1. The van der Waals surface area contributed by atoms with Crippen molar-refractivity contribution in [3.63, 3.8) is 0 Å². The van der Waals surface area contributed by atoms with Crippen LogP contribution in [-0.4, -0.2) is 56.5 Å². The van der Waals surface area contributed by atoms with Crippen molar-refractivity contribution in [3.8, 4) is 5.75 Å². The molecule has 0 aliphatic carbocycles. The summed E-state index contributed by atoms with van der Waals surface area (Å²) >= 11 is 0. The molecule has 0 bridgehead atoms. The summed E-state index contributed by atoms with van der Waals surface area (Å²) in [6.07, 6.45) is 8.17. The molecule has 38 heavy (non-hydrogen) atoms. The number of aryl methyl sites for hydroxylation is 1. The molecule has 2 aromatic carbocycles. The number of hydrogen-bond acceptors (Lipinski definition) is 6. The molecule has 3 aromatic rings. The summed E-state index contributed by atoms with van der Waals surface area (Å²) in [6.45, 7) is 1.38. The van der Waals surface area contributed by atoms with Crippen LogP contribution in [0.1, 0.15) is 75.3 Å². The van der Waals surface area contributed by atoms with Crippen LogP contribution in [0.2, 0.25) is 0 Å². The number of carbonyl (C=O) groups excluding carboxylic acids is 3. The maximum atomic E-state index is 12.4. The van der Waals surface area contributed by atoms with Crippen LogP contribution in [0.15, 0.2) is 61.1 Å². The zero-order valence-electron chi connectivity index (χ0n) is 21.4. The van der Waals surface area contributed by atoms with E-state index in [1.807, 2.05) is 24.3 Å². The summed E-state index contributed by atoms with van der Waals surface area (Å²) in [4.78, 5) is 41.3. The monoisotopic (exact) mass is 518 g/mol. The minimum atomic E-state index is -0.587. The van der Waals surface area contributed by atoms with Gasteiger partial charge >= 0.3 is 0 Å². The number of hydrogen-bond donors (Lipinski definition) is 2. The molecule has 1 unspecified atom stereocenters. The number of nitrogens with two attached hydrogens (primary N) is 1. The molecule has 1 aliphatic heterocycles. The number of ether oxygens (including phenoxy) is 1. The molecule has 0 fully saturated rings. The topological polar surface area (TPSA) is 128 Å². The van der Waals surface area contributed by atoms with E-state index in [2.05, 4.69) is 4.98 Å². The zero-order valence-corrected chi connectivity index (χ0v) is 21.4. The van der Waals surface area contributed by atoms with Gasteiger partial charge in [-0.25, -0.2) is 4.98 Å². The summed E-state index contributed by atoms with van der Waals surface area (Å²) < 4.78 is 7.70. The standard InChI is InChI=1S/C29H34N4O5/c30-27(35)25-19-32(20-31-25)18-22(34)12-9-11-21-10-3-6-15-26(21)38-17-8-2-1-7-16-33-28(36)23-13-4-5-14-24(23)29(33)37/h3-6,10,13-15,19-20,22,34H,1-2,7-9,11-12,16-18H2,(H2,30,35). The molecule has 4 rings (SSSR count). The lowest BCUT2D eigenvalue weighted by Crippen LogP contribution is -2.30. The van der Waals surface area contributed by atoms with E-state index < -0.39 is 12.0 Å². The van der Waals surface area contributed by atoms with Crippen molar-refractivity contribution >= 4 is 17.7 Å². The molecule has 0 saturated carbocycles. The Hall–Kier alpha value is -3.98. The predicted octanol–water partition coefficient (Wildman–Crippen LogP) is 3.60. The van der Waals surface area contributed by atoms with E-state index in [0.29, 0.717) is 37.2 Å². The second kappa shape index (κ2) is 13.0.